The molecule has 14 nitrogen and oxygen atoms in total. The molecule has 0 heterocycles. The van der Waals surface area contributed by atoms with Crippen molar-refractivity contribution in [2.75, 3.05) is 18.4 Å². The molecule has 0 spiro atoms. The first-order chi connectivity index (χ1) is 18.6. The van der Waals surface area contributed by atoms with E-state index < -0.39 is 86.1 Å². The molecule has 216 valence electrons. The molecule has 0 bridgehead atoms. The Kier molecular flexibility index (Phi) is 11.1. The van der Waals surface area contributed by atoms with Crippen molar-refractivity contribution in [1.29, 1.82) is 0 Å². The smallest absolute Gasteiger partial charge is 0.335 e. The number of hydrogen-bond donors (Lipinski definition) is 6. The number of benzene rings is 2. The standard InChI is InChI=1S/C24H27ClN4O10S/c1-13(27-16(24(36)37)8-7-14-5-3-2-4-6-14)22(33)29(12-20(31)32)11-19(30)28-17-9-15(23(34)35)10-18(21(17)25)40(26,38)39/h2-6,9-10,13,16,27H,7-8,11-12H2,1H3,(H,28,30)(H,31,32)(H,34,35)(H,36,37)(H2,26,38,39)/t13-,16-/m0/s1. The maximum absolute atomic E-state index is 13.0. The highest BCUT2D eigenvalue weighted by atomic mass is 35.5. The van der Waals surface area contributed by atoms with E-state index in [-0.39, 0.29) is 6.42 Å². The number of nitrogens with zero attached hydrogens (tertiary/aromatic N) is 1. The Morgan fingerprint density at radius 2 is 1.65 bits per heavy atom. The van der Waals surface area contributed by atoms with E-state index in [0.717, 1.165) is 11.6 Å². The van der Waals surface area contributed by atoms with E-state index in [9.17, 15) is 47.7 Å². The number of rotatable bonds is 14. The molecule has 0 radical (unpaired) electrons. The number of halogens is 1. The normalized spacial score (nSPS) is 12.7. The molecule has 0 aliphatic rings. The van der Waals surface area contributed by atoms with E-state index in [1.165, 1.54) is 6.92 Å². The van der Waals surface area contributed by atoms with Crippen LogP contribution in [0, 0.1) is 0 Å². The zero-order chi connectivity index (χ0) is 30.2. The summed E-state index contributed by atoms with van der Waals surface area (Å²) in [5, 5.41) is 37.4. The zero-order valence-electron chi connectivity index (χ0n) is 21.0. The van der Waals surface area contributed by atoms with Crippen molar-refractivity contribution in [1.82, 2.24) is 10.2 Å². The van der Waals surface area contributed by atoms with E-state index in [0.29, 0.717) is 17.4 Å². The molecule has 0 unspecified atom stereocenters. The Bertz CT molecular complexity index is 1400. The molecule has 2 rings (SSSR count). The highest BCUT2D eigenvalue weighted by molar-refractivity contribution is 7.89. The van der Waals surface area contributed by atoms with Gasteiger partial charge < -0.3 is 25.5 Å². The molecule has 2 amide bonds. The van der Waals surface area contributed by atoms with Crippen LogP contribution < -0.4 is 15.8 Å². The molecule has 40 heavy (non-hydrogen) atoms. The minimum Gasteiger partial charge on any atom is -0.480 e. The number of anilines is 1. The van der Waals surface area contributed by atoms with Crippen LogP contribution in [-0.2, 0) is 35.6 Å². The molecular formula is C24H27ClN4O10S. The predicted molar refractivity (Wildman–Crippen MR) is 141 cm³/mol. The first-order valence-corrected chi connectivity index (χ1v) is 13.5. The van der Waals surface area contributed by atoms with Gasteiger partial charge in [-0.05, 0) is 37.5 Å². The number of aromatic carboxylic acids is 1. The van der Waals surface area contributed by atoms with Gasteiger partial charge in [-0.3, -0.25) is 24.5 Å². The van der Waals surface area contributed by atoms with E-state index in [1.807, 2.05) is 12.1 Å². The minimum atomic E-state index is -4.50. The largest absolute Gasteiger partial charge is 0.480 e. The molecule has 0 saturated heterocycles. The molecular weight excluding hydrogens is 572 g/mol. The van der Waals surface area contributed by atoms with Gasteiger partial charge in [0, 0.05) is 0 Å². The van der Waals surface area contributed by atoms with Gasteiger partial charge in [-0.2, -0.15) is 0 Å². The average molecular weight is 599 g/mol. The lowest BCUT2D eigenvalue weighted by Crippen LogP contribution is -2.53. The number of primary sulfonamides is 1. The summed E-state index contributed by atoms with van der Waals surface area (Å²) in [6, 6.07) is 8.16. The van der Waals surface area contributed by atoms with Crippen LogP contribution in [-0.4, -0.2) is 83.5 Å². The van der Waals surface area contributed by atoms with Crippen LogP contribution in [0.25, 0.3) is 0 Å². The van der Waals surface area contributed by atoms with Crippen LogP contribution in [0.15, 0.2) is 47.4 Å². The van der Waals surface area contributed by atoms with Crippen LogP contribution >= 0.6 is 11.6 Å². The molecule has 0 aromatic heterocycles. The Labute approximate surface area is 233 Å². The van der Waals surface area contributed by atoms with Gasteiger partial charge in [0.25, 0.3) is 0 Å². The van der Waals surface area contributed by atoms with Crippen molar-refractivity contribution >= 4 is 57.0 Å². The van der Waals surface area contributed by atoms with E-state index in [1.54, 1.807) is 18.2 Å². The summed E-state index contributed by atoms with van der Waals surface area (Å²) in [6.45, 7) is -0.512. The first-order valence-electron chi connectivity index (χ1n) is 11.5. The van der Waals surface area contributed by atoms with Gasteiger partial charge in [0.15, 0.2) is 0 Å². The number of sulfonamides is 1. The molecule has 0 fully saturated rings. The van der Waals surface area contributed by atoms with Gasteiger partial charge in [-0.15, -0.1) is 0 Å². The number of carboxylic acid groups (broad SMARTS) is 3. The molecule has 2 atom stereocenters. The van der Waals surface area contributed by atoms with E-state index in [2.05, 4.69) is 10.6 Å². The summed E-state index contributed by atoms with van der Waals surface area (Å²) in [6.07, 6.45) is 0.491. The third-order valence-corrected chi connectivity index (χ3v) is 6.98. The molecule has 2 aromatic carbocycles. The fraction of sp³-hybridized carbons (Fsp3) is 0.292. The number of amides is 2. The second-order valence-electron chi connectivity index (χ2n) is 8.63. The second-order valence-corrected chi connectivity index (χ2v) is 10.5. The van der Waals surface area contributed by atoms with Crippen LogP contribution in [0.5, 0.6) is 0 Å². The predicted octanol–water partition coefficient (Wildman–Crippen LogP) is 0.601. The Morgan fingerprint density at radius 1 is 1.02 bits per heavy atom. The molecule has 0 saturated carbocycles. The average Bonchev–Trinajstić information content (AvgIpc) is 2.86. The van der Waals surface area contributed by atoms with Crippen LogP contribution in [0.4, 0.5) is 5.69 Å². The van der Waals surface area contributed by atoms with Gasteiger partial charge in [0.1, 0.15) is 24.0 Å². The van der Waals surface area contributed by atoms with Crippen LogP contribution in [0.1, 0.15) is 29.3 Å². The quantitative estimate of drug-likeness (QED) is 0.176. The maximum atomic E-state index is 13.0. The fourth-order valence-electron chi connectivity index (χ4n) is 3.64. The summed E-state index contributed by atoms with van der Waals surface area (Å²) in [5.41, 5.74) is -0.165. The molecule has 7 N–H and O–H groups in total. The highest BCUT2D eigenvalue weighted by Gasteiger charge is 2.29. The minimum absolute atomic E-state index is 0.112. The maximum Gasteiger partial charge on any atom is 0.335 e. The van der Waals surface area contributed by atoms with Crippen LogP contribution in [0.2, 0.25) is 5.02 Å². The lowest BCUT2D eigenvalue weighted by molar-refractivity contribution is -0.147. The molecule has 0 aliphatic carbocycles. The number of hydrogen-bond acceptors (Lipinski definition) is 8. The van der Waals surface area contributed by atoms with Crippen molar-refractivity contribution in [3.8, 4) is 0 Å². The third kappa shape index (κ3) is 9.30. The van der Waals surface area contributed by atoms with Gasteiger partial charge in [0.2, 0.25) is 21.8 Å². The summed E-state index contributed by atoms with van der Waals surface area (Å²) in [4.78, 5) is 60.1. The van der Waals surface area contributed by atoms with Crippen molar-refractivity contribution in [2.24, 2.45) is 5.14 Å². The number of nitrogens with one attached hydrogen (secondary N) is 2. The lowest BCUT2D eigenvalue weighted by Gasteiger charge is -2.26. The highest BCUT2D eigenvalue weighted by Crippen LogP contribution is 2.30. The first kappa shape index (κ1) is 32.2. The molecule has 16 heteroatoms. The summed E-state index contributed by atoms with van der Waals surface area (Å²) >= 11 is 6.00. The Balaban J connectivity index is 2.20. The zero-order valence-corrected chi connectivity index (χ0v) is 22.6. The second kappa shape index (κ2) is 13.8. The van der Waals surface area contributed by atoms with Gasteiger partial charge in [0.05, 0.1) is 22.3 Å². The topological polar surface area (TPSA) is 234 Å². The van der Waals surface area contributed by atoms with Crippen molar-refractivity contribution in [2.45, 2.75) is 36.7 Å². The van der Waals surface area contributed by atoms with Gasteiger partial charge in [-0.1, -0.05) is 41.9 Å². The number of carbonyl (C=O) groups excluding carboxylic acids is 2. The summed E-state index contributed by atoms with van der Waals surface area (Å²) in [5.74, 6) is -6.24. The van der Waals surface area contributed by atoms with E-state index in [4.69, 9.17) is 16.7 Å². The Morgan fingerprint density at radius 3 is 2.17 bits per heavy atom. The SMILES string of the molecule is C[C@H](N[C@@H](CCc1ccccc1)C(=O)O)C(=O)N(CC(=O)O)CC(=O)Nc1cc(C(=O)O)cc(S(N)(=O)=O)c1Cl. The van der Waals surface area contributed by atoms with Gasteiger partial charge >= 0.3 is 17.9 Å². The number of carboxylic acids is 3. The lowest BCUT2D eigenvalue weighted by atomic mass is 10.0. The van der Waals surface area contributed by atoms with Gasteiger partial charge in [-0.25, -0.2) is 18.4 Å². The van der Waals surface area contributed by atoms with Crippen molar-refractivity contribution < 1.29 is 47.7 Å². The fourth-order valence-corrected chi connectivity index (χ4v) is 4.77. The van der Waals surface area contributed by atoms with Crippen LogP contribution in [0.3, 0.4) is 0 Å². The number of aryl methyl sites for hydroxylation is 1. The summed E-state index contributed by atoms with van der Waals surface area (Å²) in [7, 11) is -4.50. The third-order valence-electron chi connectivity index (χ3n) is 5.52. The summed E-state index contributed by atoms with van der Waals surface area (Å²) < 4.78 is 23.6. The number of aliphatic carboxylic acids is 2. The molecule has 2 aromatic rings. The monoisotopic (exact) mass is 598 g/mol. The number of nitrogens with two attached hydrogens (primary N) is 1. The van der Waals surface area contributed by atoms with E-state index >= 15 is 0 Å². The molecule has 0 aliphatic heterocycles. The Hall–Kier alpha value is -4.05. The van der Waals surface area contributed by atoms with Crippen molar-refractivity contribution in [3.63, 3.8) is 0 Å². The number of carbonyl (C=O) groups is 5. The van der Waals surface area contributed by atoms with Crippen molar-refractivity contribution in [3.05, 3.63) is 58.6 Å².